The van der Waals surface area contributed by atoms with Crippen LogP contribution in [0, 0.1) is 6.92 Å². The lowest BCUT2D eigenvalue weighted by atomic mass is 10.2. The topological polar surface area (TPSA) is 57.9 Å². The van der Waals surface area contributed by atoms with Gasteiger partial charge in [0.25, 0.3) is 11.8 Å². The Kier molecular flexibility index (Phi) is 4.86. The van der Waals surface area contributed by atoms with Gasteiger partial charge in [0.1, 0.15) is 0 Å². The fraction of sp³-hybridized carbons (Fsp3) is 0.318. The number of hydrogen-bond acceptors (Lipinski definition) is 3. The number of aryl methyl sites for hydroxylation is 1. The minimum absolute atomic E-state index is 0.0983. The quantitative estimate of drug-likeness (QED) is 0.700. The summed E-state index contributed by atoms with van der Waals surface area (Å²) in [4.78, 5) is 34.4. The second kappa shape index (κ2) is 7.46. The van der Waals surface area contributed by atoms with E-state index in [1.54, 1.807) is 15.5 Å². The Bertz CT molecular complexity index is 1030. The van der Waals surface area contributed by atoms with Crippen LogP contribution in [0.1, 0.15) is 46.4 Å². The van der Waals surface area contributed by atoms with Gasteiger partial charge < -0.3 is 9.80 Å². The maximum absolute atomic E-state index is 13.4. The van der Waals surface area contributed by atoms with Crippen LogP contribution in [-0.2, 0) is 0 Å². The normalized spacial score (nSPS) is 13.9. The number of fused-ring (bicyclic) bond motifs is 1. The molecule has 4 rings (SSSR count). The Balaban J connectivity index is 1.77. The Morgan fingerprint density at radius 3 is 2.61 bits per heavy atom. The number of rotatable bonds is 4. The van der Waals surface area contributed by atoms with Crippen molar-refractivity contribution in [2.45, 2.75) is 26.7 Å². The van der Waals surface area contributed by atoms with Crippen molar-refractivity contribution in [3.8, 4) is 0 Å². The predicted octanol–water partition coefficient (Wildman–Crippen LogP) is 3.55. The summed E-state index contributed by atoms with van der Waals surface area (Å²) in [7, 11) is 0. The monoisotopic (exact) mass is 376 g/mol. The second-order valence-electron chi connectivity index (χ2n) is 7.13. The zero-order chi connectivity index (χ0) is 19.7. The molecular formula is C22H24N4O2. The molecule has 0 unspecified atom stereocenters. The molecule has 0 spiro atoms. The third kappa shape index (κ3) is 3.15. The van der Waals surface area contributed by atoms with Gasteiger partial charge in [0.2, 0.25) is 5.82 Å². The van der Waals surface area contributed by atoms with Crippen molar-refractivity contribution >= 4 is 23.0 Å². The summed E-state index contributed by atoms with van der Waals surface area (Å²) in [6.07, 6.45) is 3.82. The molecule has 6 nitrogen and oxygen atoms in total. The highest BCUT2D eigenvalue weighted by Crippen LogP contribution is 2.22. The van der Waals surface area contributed by atoms with E-state index in [1.165, 1.54) is 0 Å². The summed E-state index contributed by atoms with van der Waals surface area (Å²) >= 11 is 0. The number of aromatic nitrogens is 2. The zero-order valence-corrected chi connectivity index (χ0v) is 16.3. The molecule has 0 radical (unpaired) electrons. The number of imidazole rings is 1. The largest absolute Gasteiger partial charge is 0.337 e. The van der Waals surface area contributed by atoms with E-state index < -0.39 is 0 Å². The Labute approximate surface area is 164 Å². The van der Waals surface area contributed by atoms with E-state index >= 15 is 0 Å². The van der Waals surface area contributed by atoms with Crippen molar-refractivity contribution in [3.63, 3.8) is 0 Å². The molecule has 1 aliphatic heterocycles. The summed E-state index contributed by atoms with van der Waals surface area (Å²) in [6, 6.07) is 13.4. The molecule has 1 saturated heterocycles. The van der Waals surface area contributed by atoms with E-state index in [1.807, 2.05) is 61.2 Å². The third-order valence-electron chi connectivity index (χ3n) is 5.21. The molecule has 6 heteroatoms. The highest BCUT2D eigenvalue weighted by molar-refractivity contribution is 6.07. The lowest BCUT2D eigenvalue weighted by molar-refractivity contribution is 0.0789. The number of hydrogen-bond donors (Lipinski definition) is 0. The van der Waals surface area contributed by atoms with Gasteiger partial charge in [-0.3, -0.25) is 14.0 Å². The lowest BCUT2D eigenvalue weighted by Gasteiger charge is -2.20. The Hall–Kier alpha value is -3.15. The second-order valence-corrected chi connectivity index (χ2v) is 7.13. The maximum atomic E-state index is 13.4. The van der Waals surface area contributed by atoms with Gasteiger partial charge in [-0.2, -0.15) is 0 Å². The molecule has 0 aliphatic carbocycles. The van der Waals surface area contributed by atoms with E-state index in [0.717, 1.165) is 37.2 Å². The highest BCUT2D eigenvalue weighted by Gasteiger charge is 2.28. The van der Waals surface area contributed by atoms with Crippen LogP contribution >= 0.6 is 0 Å². The molecule has 3 heterocycles. The van der Waals surface area contributed by atoms with Crippen LogP contribution in [0.4, 0.5) is 5.69 Å². The number of benzene rings is 1. The van der Waals surface area contributed by atoms with E-state index in [0.29, 0.717) is 17.8 Å². The van der Waals surface area contributed by atoms with Crippen LogP contribution < -0.4 is 4.90 Å². The molecule has 144 valence electrons. The molecule has 1 aliphatic rings. The number of pyridine rings is 1. The van der Waals surface area contributed by atoms with E-state index in [9.17, 15) is 9.59 Å². The first-order valence-electron chi connectivity index (χ1n) is 9.75. The van der Waals surface area contributed by atoms with Crippen molar-refractivity contribution < 1.29 is 9.59 Å². The van der Waals surface area contributed by atoms with Gasteiger partial charge in [0, 0.05) is 31.5 Å². The van der Waals surface area contributed by atoms with E-state index in [4.69, 9.17) is 0 Å². The molecule has 2 amide bonds. The van der Waals surface area contributed by atoms with Gasteiger partial charge in [-0.1, -0.05) is 18.2 Å². The first-order valence-corrected chi connectivity index (χ1v) is 9.75. The van der Waals surface area contributed by atoms with Crippen molar-refractivity contribution in [2.24, 2.45) is 0 Å². The summed E-state index contributed by atoms with van der Waals surface area (Å²) in [5, 5.41) is 0. The molecule has 0 atom stereocenters. The molecular weight excluding hydrogens is 352 g/mol. The average Bonchev–Trinajstić information content (AvgIpc) is 3.36. The van der Waals surface area contributed by atoms with Crippen molar-refractivity contribution in [1.29, 1.82) is 0 Å². The molecule has 0 saturated carbocycles. The molecule has 28 heavy (non-hydrogen) atoms. The minimum Gasteiger partial charge on any atom is -0.337 e. The van der Waals surface area contributed by atoms with Crippen LogP contribution in [0.5, 0.6) is 0 Å². The zero-order valence-electron chi connectivity index (χ0n) is 16.3. The molecule has 2 aromatic heterocycles. The number of amides is 2. The van der Waals surface area contributed by atoms with Crippen LogP contribution in [0.15, 0.2) is 48.7 Å². The number of carbonyl (C=O) groups excluding carboxylic acids is 2. The van der Waals surface area contributed by atoms with Crippen molar-refractivity contribution in [2.75, 3.05) is 24.5 Å². The SMILES string of the molecule is CCN(C(=O)c1nc(C(=O)N2CCCC2)c2ccccn12)c1cccc(C)c1. The molecule has 1 aromatic carbocycles. The molecule has 0 N–H and O–H groups in total. The van der Waals surface area contributed by atoms with Crippen LogP contribution in [0.25, 0.3) is 5.52 Å². The summed E-state index contributed by atoms with van der Waals surface area (Å²) in [5.74, 6) is -0.0462. The lowest BCUT2D eigenvalue weighted by Crippen LogP contribution is -2.32. The van der Waals surface area contributed by atoms with E-state index in [-0.39, 0.29) is 17.6 Å². The molecule has 0 bridgehead atoms. The van der Waals surface area contributed by atoms with Gasteiger partial charge in [0.05, 0.1) is 5.52 Å². The first-order chi connectivity index (χ1) is 13.6. The van der Waals surface area contributed by atoms with Crippen LogP contribution in [-0.4, -0.2) is 45.7 Å². The third-order valence-corrected chi connectivity index (χ3v) is 5.21. The maximum Gasteiger partial charge on any atom is 0.294 e. The number of nitrogens with zero attached hydrogens (tertiary/aromatic N) is 4. The molecule has 3 aromatic rings. The Morgan fingerprint density at radius 2 is 1.89 bits per heavy atom. The van der Waals surface area contributed by atoms with Gasteiger partial charge in [-0.25, -0.2) is 4.98 Å². The van der Waals surface area contributed by atoms with Gasteiger partial charge in [0.15, 0.2) is 5.69 Å². The number of anilines is 1. The summed E-state index contributed by atoms with van der Waals surface area (Å²) in [6.45, 7) is 5.95. The Morgan fingerprint density at radius 1 is 1.11 bits per heavy atom. The number of likely N-dealkylation sites (tertiary alicyclic amines) is 1. The summed E-state index contributed by atoms with van der Waals surface area (Å²) < 4.78 is 1.73. The number of carbonyl (C=O) groups is 2. The molecule has 1 fully saturated rings. The smallest absolute Gasteiger partial charge is 0.294 e. The standard InChI is InChI=1S/C22H24N4O2/c1-3-25(17-10-8-9-16(2)15-17)22(28)20-23-19(18-11-4-5-14-26(18)20)21(27)24-12-6-7-13-24/h4-5,8-11,14-15H,3,6-7,12-13H2,1-2H3. The fourth-order valence-corrected chi connectivity index (χ4v) is 3.78. The van der Waals surface area contributed by atoms with Gasteiger partial charge in [-0.15, -0.1) is 0 Å². The van der Waals surface area contributed by atoms with Gasteiger partial charge >= 0.3 is 0 Å². The minimum atomic E-state index is -0.213. The fourth-order valence-electron chi connectivity index (χ4n) is 3.78. The van der Waals surface area contributed by atoms with Crippen LogP contribution in [0.2, 0.25) is 0 Å². The van der Waals surface area contributed by atoms with Crippen LogP contribution in [0.3, 0.4) is 0 Å². The van der Waals surface area contributed by atoms with E-state index in [2.05, 4.69) is 4.98 Å². The van der Waals surface area contributed by atoms with Crippen molar-refractivity contribution in [3.05, 3.63) is 65.7 Å². The predicted molar refractivity (Wildman–Crippen MR) is 109 cm³/mol. The summed E-state index contributed by atoms with van der Waals surface area (Å²) in [5.41, 5.74) is 2.93. The first kappa shape index (κ1) is 18.2. The van der Waals surface area contributed by atoms with Gasteiger partial charge in [-0.05, 0) is 56.5 Å². The highest BCUT2D eigenvalue weighted by atomic mass is 16.2. The van der Waals surface area contributed by atoms with Crippen molar-refractivity contribution in [1.82, 2.24) is 14.3 Å². The average molecular weight is 376 g/mol.